The minimum atomic E-state index is -2.75. The van der Waals surface area contributed by atoms with Gasteiger partial charge in [-0.3, -0.25) is 4.90 Å². The number of nitrogens with one attached hydrogen (secondary N) is 1. The number of halogens is 2. The second-order valence-corrected chi connectivity index (χ2v) is 7.71. The van der Waals surface area contributed by atoms with Crippen LogP contribution in [0.3, 0.4) is 0 Å². The van der Waals surface area contributed by atoms with Gasteiger partial charge in [-0.15, -0.1) is 24.8 Å². The summed E-state index contributed by atoms with van der Waals surface area (Å²) in [6.45, 7) is 10.6. The summed E-state index contributed by atoms with van der Waals surface area (Å²) in [5.74, 6) is 0.666. The highest BCUT2D eigenvalue weighted by Gasteiger charge is 2.27. The van der Waals surface area contributed by atoms with Crippen LogP contribution in [-0.2, 0) is 9.84 Å². The van der Waals surface area contributed by atoms with Crippen molar-refractivity contribution in [2.24, 2.45) is 0 Å². The first-order chi connectivity index (χ1) is 7.82. The number of hydrogen-bond acceptors (Lipinski definition) is 4. The van der Waals surface area contributed by atoms with Crippen LogP contribution in [0.25, 0.3) is 0 Å². The Bertz CT molecular complexity index is 327. The van der Waals surface area contributed by atoms with Gasteiger partial charge in [-0.2, -0.15) is 0 Å². The minimum absolute atomic E-state index is 0. The fraction of sp³-hybridized carbons (Fsp3) is 1.00. The van der Waals surface area contributed by atoms with E-state index < -0.39 is 9.84 Å². The van der Waals surface area contributed by atoms with Gasteiger partial charge in [0.25, 0.3) is 0 Å². The molecule has 1 atom stereocenters. The van der Waals surface area contributed by atoms with Crippen LogP contribution in [0.15, 0.2) is 0 Å². The summed E-state index contributed by atoms with van der Waals surface area (Å²) in [6, 6.07) is 1.23. The second-order valence-electron chi connectivity index (χ2n) is 5.48. The van der Waals surface area contributed by atoms with Crippen molar-refractivity contribution in [3.05, 3.63) is 0 Å². The predicted molar refractivity (Wildman–Crippen MR) is 86.5 cm³/mol. The van der Waals surface area contributed by atoms with E-state index >= 15 is 0 Å². The van der Waals surface area contributed by atoms with Crippen molar-refractivity contribution in [3.63, 3.8) is 0 Å². The monoisotopic (exact) mass is 334 g/mol. The number of rotatable bonds is 6. The van der Waals surface area contributed by atoms with E-state index in [1.807, 2.05) is 0 Å². The third-order valence-corrected chi connectivity index (χ3v) is 5.13. The zero-order valence-corrected chi connectivity index (χ0v) is 14.7. The van der Waals surface area contributed by atoms with E-state index in [4.69, 9.17) is 0 Å². The Morgan fingerprint density at radius 3 is 2.05 bits per heavy atom. The lowest BCUT2D eigenvalue weighted by molar-refractivity contribution is 0.174. The van der Waals surface area contributed by atoms with Crippen molar-refractivity contribution < 1.29 is 8.42 Å². The molecule has 1 aliphatic rings. The zero-order valence-electron chi connectivity index (χ0n) is 12.3. The van der Waals surface area contributed by atoms with E-state index in [1.54, 1.807) is 0 Å². The Labute approximate surface area is 130 Å². The predicted octanol–water partition coefficient (Wildman–Crippen LogP) is 1.73. The SMILES string of the molecule is CC(C)N(CCNC1CCS(=O)(=O)C1)C(C)C.Cl.Cl. The van der Waals surface area contributed by atoms with E-state index in [1.165, 1.54) is 0 Å². The smallest absolute Gasteiger partial charge is 0.151 e. The second kappa shape index (κ2) is 9.40. The van der Waals surface area contributed by atoms with Crippen molar-refractivity contribution in [2.45, 2.75) is 52.2 Å². The quantitative estimate of drug-likeness (QED) is 0.803. The first-order valence-electron chi connectivity index (χ1n) is 6.51. The molecular weight excluding hydrogens is 307 g/mol. The van der Waals surface area contributed by atoms with Crippen molar-refractivity contribution >= 4 is 34.7 Å². The van der Waals surface area contributed by atoms with E-state index in [9.17, 15) is 8.42 Å². The van der Waals surface area contributed by atoms with Crippen LogP contribution < -0.4 is 5.32 Å². The Morgan fingerprint density at radius 1 is 1.16 bits per heavy atom. The Morgan fingerprint density at radius 2 is 1.68 bits per heavy atom. The first kappa shape index (κ1) is 21.7. The maximum Gasteiger partial charge on any atom is 0.151 e. The molecule has 0 saturated carbocycles. The molecule has 0 aromatic carbocycles. The molecule has 1 fully saturated rings. The van der Waals surface area contributed by atoms with Gasteiger partial charge >= 0.3 is 0 Å². The highest BCUT2D eigenvalue weighted by atomic mass is 35.5. The van der Waals surface area contributed by atoms with Gasteiger partial charge in [0, 0.05) is 31.2 Å². The topological polar surface area (TPSA) is 49.4 Å². The first-order valence-corrected chi connectivity index (χ1v) is 8.33. The van der Waals surface area contributed by atoms with E-state index in [0.717, 1.165) is 19.5 Å². The lowest BCUT2D eigenvalue weighted by atomic mass is 10.2. The molecule has 0 aromatic rings. The third-order valence-electron chi connectivity index (χ3n) is 3.36. The van der Waals surface area contributed by atoms with E-state index in [-0.39, 0.29) is 30.9 Å². The number of nitrogens with zero attached hydrogens (tertiary/aromatic N) is 1. The van der Waals surface area contributed by atoms with Crippen LogP contribution in [0.1, 0.15) is 34.1 Å². The standard InChI is InChI=1S/C12H26N2O2S.2ClH/c1-10(2)14(11(3)4)7-6-13-12-5-8-17(15,16)9-12;;/h10-13H,5-9H2,1-4H3;2*1H. The van der Waals surface area contributed by atoms with Gasteiger partial charge in [0.1, 0.15) is 0 Å². The molecule has 1 rings (SSSR count). The number of hydrogen-bond donors (Lipinski definition) is 1. The van der Waals surface area contributed by atoms with Gasteiger partial charge in [0.2, 0.25) is 0 Å². The summed E-state index contributed by atoms with van der Waals surface area (Å²) < 4.78 is 22.6. The minimum Gasteiger partial charge on any atom is -0.312 e. The summed E-state index contributed by atoms with van der Waals surface area (Å²) in [7, 11) is -2.75. The Kier molecular flexibility index (Phi) is 10.8. The van der Waals surface area contributed by atoms with Crippen molar-refractivity contribution in [2.75, 3.05) is 24.6 Å². The van der Waals surface area contributed by atoms with Crippen molar-refractivity contribution in [3.8, 4) is 0 Å². The summed E-state index contributed by atoms with van der Waals surface area (Å²) in [5.41, 5.74) is 0. The molecule has 4 nitrogen and oxygen atoms in total. The van der Waals surface area contributed by atoms with Gasteiger partial charge in [-0.05, 0) is 34.1 Å². The molecule has 1 aliphatic heterocycles. The van der Waals surface area contributed by atoms with Crippen LogP contribution in [0, 0.1) is 0 Å². The molecule has 19 heavy (non-hydrogen) atoms. The maximum atomic E-state index is 11.3. The van der Waals surface area contributed by atoms with Crippen LogP contribution in [0.2, 0.25) is 0 Å². The average molecular weight is 335 g/mol. The molecule has 118 valence electrons. The highest BCUT2D eigenvalue weighted by Crippen LogP contribution is 2.11. The molecule has 1 unspecified atom stereocenters. The molecule has 0 bridgehead atoms. The molecule has 0 amide bonds. The summed E-state index contributed by atoms with van der Waals surface area (Å²) in [4.78, 5) is 2.41. The third kappa shape index (κ3) is 7.71. The fourth-order valence-electron chi connectivity index (χ4n) is 2.47. The van der Waals surface area contributed by atoms with Crippen LogP contribution >= 0.6 is 24.8 Å². The average Bonchev–Trinajstić information content (AvgIpc) is 2.51. The molecule has 0 spiro atoms. The Hall–Kier alpha value is 0.450. The maximum absolute atomic E-state index is 11.3. The zero-order chi connectivity index (χ0) is 13.1. The fourth-order valence-corrected chi connectivity index (χ4v) is 4.17. The molecule has 1 heterocycles. The van der Waals surface area contributed by atoms with Gasteiger partial charge in [0.05, 0.1) is 11.5 Å². The summed E-state index contributed by atoms with van der Waals surface area (Å²) in [6.07, 6.45) is 0.770. The molecule has 1 N–H and O–H groups in total. The molecule has 0 radical (unpaired) electrons. The normalized spacial score (nSPS) is 21.5. The molecule has 0 aliphatic carbocycles. The van der Waals surface area contributed by atoms with Crippen LogP contribution in [0.4, 0.5) is 0 Å². The van der Waals surface area contributed by atoms with Gasteiger partial charge < -0.3 is 5.32 Å². The van der Waals surface area contributed by atoms with Crippen LogP contribution in [0.5, 0.6) is 0 Å². The van der Waals surface area contributed by atoms with Gasteiger partial charge in [0.15, 0.2) is 9.84 Å². The van der Waals surface area contributed by atoms with E-state index in [2.05, 4.69) is 37.9 Å². The molecular formula is C12H28Cl2N2O2S. The van der Waals surface area contributed by atoms with Crippen molar-refractivity contribution in [1.29, 1.82) is 0 Å². The molecule has 0 aromatic heterocycles. The lowest BCUT2D eigenvalue weighted by Gasteiger charge is -2.30. The molecule has 7 heteroatoms. The number of sulfone groups is 1. The highest BCUT2D eigenvalue weighted by molar-refractivity contribution is 7.91. The van der Waals surface area contributed by atoms with E-state index in [0.29, 0.717) is 23.6 Å². The largest absolute Gasteiger partial charge is 0.312 e. The van der Waals surface area contributed by atoms with Crippen LogP contribution in [-0.4, -0.2) is 56.0 Å². The van der Waals surface area contributed by atoms with Gasteiger partial charge in [-0.1, -0.05) is 0 Å². The summed E-state index contributed by atoms with van der Waals surface area (Å²) in [5, 5.41) is 3.36. The van der Waals surface area contributed by atoms with Gasteiger partial charge in [-0.25, -0.2) is 8.42 Å². The van der Waals surface area contributed by atoms with Crippen molar-refractivity contribution in [1.82, 2.24) is 10.2 Å². The Balaban J connectivity index is 0. The molecule has 1 saturated heterocycles. The summed E-state index contributed by atoms with van der Waals surface area (Å²) >= 11 is 0. The lowest BCUT2D eigenvalue weighted by Crippen LogP contribution is -2.43.